The van der Waals surface area contributed by atoms with Crippen LogP contribution in [-0.2, 0) is 0 Å². The number of aliphatic hydroxyl groups is 1. The zero-order valence-corrected chi connectivity index (χ0v) is 22.7. The summed E-state index contributed by atoms with van der Waals surface area (Å²) in [5, 5.41) is 27.3. The third-order valence-electron chi connectivity index (χ3n) is 4.63. The van der Waals surface area contributed by atoms with E-state index in [0.717, 1.165) is 12.8 Å². The molecule has 0 saturated heterocycles. The molecule has 3 N–H and O–H groups in total. The van der Waals surface area contributed by atoms with E-state index in [2.05, 4.69) is 41.6 Å². The molecule has 0 amide bonds. The van der Waals surface area contributed by atoms with Gasteiger partial charge in [-0.25, -0.2) is 0 Å². The van der Waals surface area contributed by atoms with Crippen molar-refractivity contribution in [2.24, 2.45) is 0 Å². The van der Waals surface area contributed by atoms with Crippen molar-refractivity contribution in [3.8, 4) is 11.5 Å². The Hall–Kier alpha value is -1.50. The van der Waals surface area contributed by atoms with Crippen molar-refractivity contribution < 1.29 is 41.8 Å². The van der Waals surface area contributed by atoms with Gasteiger partial charge in [-0.2, -0.15) is 0 Å². The summed E-state index contributed by atoms with van der Waals surface area (Å²) in [6.07, 6.45) is 10.3. The second kappa shape index (κ2) is 21.6. The molecule has 36 heavy (non-hydrogen) atoms. The normalized spacial score (nSPS) is 11.4. The van der Waals surface area contributed by atoms with E-state index in [4.69, 9.17) is 19.4 Å². The average molecular weight is 629 g/mol. The summed E-state index contributed by atoms with van der Waals surface area (Å²) in [6, 6.07) is 16.7. The molecule has 0 radical (unpaired) electrons. The van der Waals surface area contributed by atoms with Crippen LogP contribution in [0.3, 0.4) is 0 Å². The van der Waals surface area contributed by atoms with Gasteiger partial charge in [0.25, 0.3) is 0 Å². The second-order valence-electron chi connectivity index (χ2n) is 7.93. The van der Waals surface area contributed by atoms with Gasteiger partial charge in [0.15, 0.2) is 0 Å². The number of aliphatic hydroxyl groups excluding tert-OH is 1. The molecule has 0 aliphatic heterocycles. The lowest BCUT2D eigenvalue weighted by Crippen LogP contribution is -2.20. The van der Waals surface area contributed by atoms with Gasteiger partial charge in [0.1, 0.15) is 18.1 Å². The van der Waals surface area contributed by atoms with Crippen LogP contribution < -0.4 is 9.39 Å². The maximum absolute atomic E-state index is 9.94. The van der Waals surface area contributed by atoms with Crippen LogP contribution in [0.25, 0.3) is 0 Å². The smallest absolute Gasteiger partial charge is 0.512 e. The summed E-state index contributed by atoms with van der Waals surface area (Å²) in [6.45, 7) is 2.49. The van der Waals surface area contributed by atoms with Crippen molar-refractivity contribution in [1.29, 1.82) is 0 Å². The standard InChI is InChI=1S/C18H31BO5.C6H5I.BF4/c1-2-3-4-5-6-7-8-9-10-16(20)15-23-17-11-13-18(14-12-17)24-19(21)22;7-6-4-2-1-3-5-6;2-1(3,4)5/h11-14,16,20-22H,2-10,15H2,1H3;1-5H;/q;;-1. The first-order chi connectivity index (χ1) is 17.0. The Balaban J connectivity index is 0.000000830. The van der Waals surface area contributed by atoms with E-state index in [9.17, 15) is 22.4 Å². The minimum atomic E-state index is -6.00. The zero-order valence-electron chi connectivity index (χ0n) is 20.5. The number of rotatable bonds is 14. The largest absolute Gasteiger partial charge is 0.707 e. The van der Waals surface area contributed by atoms with Gasteiger partial charge in [-0.3, -0.25) is 0 Å². The van der Waals surface area contributed by atoms with Gasteiger partial charge in [-0.1, -0.05) is 76.5 Å². The molecule has 0 bridgehead atoms. The molecule has 0 saturated carbocycles. The van der Waals surface area contributed by atoms with Crippen molar-refractivity contribution in [1.82, 2.24) is 0 Å². The fraction of sp³-hybridized carbons (Fsp3) is 0.500. The average Bonchev–Trinajstić information content (AvgIpc) is 2.80. The van der Waals surface area contributed by atoms with Gasteiger partial charge >= 0.3 is 14.6 Å². The van der Waals surface area contributed by atoms with E-state index in [-0.39, 0.29) is 6.61 Å². The zero-order chi connectivity index (χ0) is 27.2. The highest BCUT2D eigenvalue weighted by Crippen LogP contribution is 2.18. The van der Waals surface area contributed by atoms with Crippen LogP contribution in [0, 0.1) is 3.57 Å². The Morgan fingerprint density at radius 2 is 1.28 bits per heavy atom. The first-order valence-electron chi connectivity index (χ1n) is 12.0. The summed E-state index contributed by atoms with van der Waals surface area (Å²) >= 11 is 2.28. The Morgan fingerprint density at radius 3 is 1.72 bits per heavy atom. The van der Waals surface area contributed by atoms with Crippen LogP contribution in [0.1, 0.15) is 64.7 Å². The Bertz CT molecular complexity index is 750. The third-order valence-corrected chi connectivity index (χ3v) is 5.35. The maximum atomic E-state index is 9.94. The first kappa shape index (κ1) is 34.5. The molecule has 12 heteroatoms. The summed E-state index contributed by atoms with van der Waals surface area (Å²) < 4.78 is 50.5. The predicted octanol–water partition coefficient (Wildman–Crippen LogP) is 6.90. The first-order valence-corrected chi connectivity index (χ1v) is 13.1. The van der Waals surface area contributed by atoms with Gasteiger partial charge < -0.3 is 41.8 Å². The second-order valence-corrected chi connectivity index (χ2v) is 9.18. The molecule has 0 heterocycles. The van der Waals surface area contributed by atoms with Gasteiger partial charge in [-0.15, -0.1) is 0 Å². The fourth-order valence-corrected chi connectivity index (χ4v) is 3.36. The van der Waals surface area contributed by atoms with E-state index < -0.39 is 20.7 Å². The third kappa shape index (κ3) is 25.6. The summed E-state index contributed by atoms with van der Waals surface area (Å²) in [4.78, 5) is 0. The lowest BCUT2D eigenvalue weighted by atomic mass is 10.1. The van der Waals surface area contributed by atoms with E-state index in [0.29, 0.717) is 11.5 Å². The highest BCUT2D eigenvalue weighted by atomic mass is 127. The molecular formula is C24H36B2F4IO5-. The molecule has 0 aliphatic rings. The predicted molar refractivity (Wildman–Crippen MR) is 145 cm³/mol. The van der Waals surface area contributed by atoms with E-state index >= 15 is 0 Å². The molecule has 0 fully saturated rings. The van der Waals surface area contributed by atoms with Crippen LogP contribution in [-0.4, -0.2) is 42.4 Å². The Morgan fingerprint density at radius 1 is 0.806 bits per heavy atom. The molecule has 2 aromatic carbocycles. The van der Waals surface area contributed by atoms with E-state index in [1.807, 2.05) is 18.2 Å². The van der Waals surface area contributed by atoms with E-state index in [1.165, 1.54) is 48.5 Å². The lowest BCUT2D eigenvalue weighted by Gasteiger charge is -2.13. The molecule has 0 spiro atoms. The number of halogens is 5. The minimum Gasteiger partial charge on any atom is -0.512 e. The highest BCUT2D eigenvalue weighted by Gasteiger charge is 2.20. The van der Waals surface area contributed by atoms with Crippen LogP contribution in [0.2, 0.25) is 0 Å². The fourth-order valence-electron chi connectivity index (χ4n) is 2.94. The van der Waals surface area contributed by atoms with Gasteiger partial charge in [-0.05, 0) is 65.4 Å². The molecule has 1 unspecified atom stereocenters. The SMILES string of the molecule is CCCCCCCCCCC(O)COc1ccc(OB(O)O)cc1.F[B-](F)(F)F.Ic1ccccc1. The monoisotopic (exact) mass is 629 g/mol. The van der Waals surface area contributed by atoms with Gasteiger partial charge in [0.2, 0.25) is 0 Å². The highest BCUT2D eigenvalue weighted by molar-refractivity contribution is 14.1. The molecule has 0 aliphatic carbocycles. The van der Waals surface area contributed by atoms with Crippen LogP contribution >= 0.6 is 22.6 Å². The molecule has 1 atom stereocenters. The maximum Gasteiger partial charge on any atom is 0.707 e. The van der Waals surface area contributed by atoms with Crippen molar-refractivity contribution >= 4 is 37.2 Å². The molecule has 204 valence electrons. The summed E-state index contributed by atoms with van der Waals surface area (Å²) in [5.74, 6) is 0.960. The molecule has 2 rings (SSSR count). The Labute approximate surface area is 225 Å². The number of ether oxygens (including phenoxy) is 1. The topological polar surface area (TPSA) is 79.2 Å². The quantitative estimate of drug-likeness (QED) is 0.0919. The number of hydrogen-bond acceptors (Lipinski definition) is 5. The lowest BCUT2D eigenvalue weighted by molar-refractivity contribution is 0.0974. The molecule has 0 aromatic heterocycles. The van der Waals surface area contributed by atoms with Crippen LogP contribution in [0.4, 0.5) is 17.3 Å². The number of unbranched alkanes of at least 4 members (excludes halogenated alkanes) is 7. The van der Waals surface area contributed by atoms with Crippen molar-refractivity contribution in [2.75, 3.05) is 6.61 Å². The van der Waals surface area contributed by atoms with E-state index in [1.54, 1.807) is 24.3 Å². The van der Waals surface area contributed by atoms with Crippen molar-refractivity contribution in [2.45, 2.75) is 70.8 Å². The number of benzene rings is 2. The van der Waals surface area contributed by atoms with Crippen molar-refractivity contribution in [3.05, 3.63) is 58.2 Å². The van der Waals surface area contributed by atoms with Gasteiger partial charge in [0.05, 0.1) is 6.10 Å². The summed E-state index contributed by atoms with van der Waals surface area (Å²) in [5.41, 5.74) is 0. The molecule has 2 aromatic rings. The minimum absolute atomic E-state index is 0.263. The van der Waals surface area contributed by atoms with Gasteiger partial charge in [0, 0.05) is 3.57 Å². The summed E-state index contributed by atoms with van der Waals surface area (Å²) in [7, 11) is -7.83. The van der Waals surface area contributed by atoms with Crippen LogP contribution in [0.15, 0.2) is 54.6 Å². The van der Waals surface area contributed by atoms with Crippen molar-refractivity contribution in [3.63, 3.8) is 0 Å². The molecular weight excluding hydrogens is 593 g/mol. The number of hydrogen-bond donors (Lipinski definition) is 3. The Kier molecular flexibility index (Phi) is 20.7. The molecule has 5 nitrogen and oxygen atoms in total. The van der Waals surface area contributed by atoms with Crippen LogP contribution in [0.5, 0.6) is 11.5 Å².